The molecule has 1 atom stereocenters. The Bertz CT molecular complexity index is 186. The van der Waals surface area contributed by atoms with Crippen molar-refractivity contribution in [3.63, 3.8) is 0 Å². The Morgan fingerprint density at radius 1 is 1.44 bits per heavy atom. The molecule has 0 aliphatic carbocycles. The molecule has 0 saturated carbocycles. The van der Waals surface area contributed by atoms with Gasteiger partial charge in [0.25, 0.3) is 0 Å². The van der Waals surface area contributed by atoms with Crippen molar-refractivity contribution in [2.75, 3.05) is 47.4 Å². The fourth-order valence-corrected chi connectivity index (χ4v) is 1.33. The summed E-state index contributed by atoms with van der Waals surface area (Å²) in [5.41, 5.74) is 0. The quantitative estimate of drug-likeness (QED) is 0.571. The molecule has 5 nitrogen and oxygen atoms in total. The van der Waals surface area contributed by atoms with Gasteiger partial charge in [0.05, 0.1) is 12.6 Å². The molecule has 0 aromatic carbocycles. The van der Waals surface area contributed by atoms with Crippen LogP contribution in [0.1, 0.15) is 13.3 Å². The van der Waals surface area contributed by atoms with E-state index < -0.39 is 0 Å². The van der Waals surface area contributed by atoms with Gasteiger partial charge in [-0.1, -0.05) is 0 Å². The molecule has 0 aliphatic rings. The number of ether oxygens (including phenoxy) is 1. The average molecular weight is 231 g/mol. The van der Waals surface area contributed by atoms with Gasteiger partial charge >= 0.3 is 0 Å². The number of nitrogens with one attached hydrogen (secondary N) is 2. The SMILES string of the molecule is CCOC(CCN(C)C)CNC(=O)CNC. The van der Waals surface area contributed by atoms with Crippen molar-refractivity contribution in [3.05, 3.63) is 0 Å². The van der Waals surface area contributed by atoms with Crippen LogP contribution < -0.4 is 10.6 Å². The van der Waals surface area contributed by atoms with Crippen molar-refractivity contribution < 1.29 is 9.53 Å². The Morgan fingerprint density at radius 3 is 2.62 bits per heavy atom. The number of carbonyl (C=O) groups is 1. The topological polar surface area (TPSA) is 53.6 Å². The molecular formula is C11H25N3O2. The van der Waals surface area contributed by atoms with E-state index in [0.717, 1.165) is 13.0 Å². The van der Waals surface area contributed by atoms with Gasteiger partial charge in [0.1, 0.15) is 0 Å². The van der Waals surface area contributed by atoms with Crippen LogP contribution in [0.25, 0.3) is 0 Å². The average Bonchev–Trinajstić information content (AvgIpc) is 2.22. The maximum atomic E-state index is 11.3. The van der Waals surface area contributed by atoms with Crippen molar-refractivity contribution in [2.24, 2.45) is 0 Å². The lowest BCUT2D eigenvalue weighted by Crippen LogP contribution is -2.39. The summed E-state index contributed by atoms with van der Waals surface area (Å²) in [4.78, 5) is 13.4. The minimum atomic E-state index is 0.0112. The van der Waals surface area contributed by atoms with Crippen molar-refractivity contribution in [1.29, 1.82) is 0 Å². The van der Waals surface area contributed by atoms with E-state index in [9.17, 15) is 4.79 Å². The highest BCUT2D eigenvalue weighted by atomic mass is 16.5. The van der Waals surface area contributed by atoms with Crippen LogP contribution >= 0.6 is 0 Å². The van der Waals surface area contributed by atoms with Crippen molar-refractivity contribution in [3.8, 4) is 0 Å². The fraction of sp³-hybridized carbons (Fsp3) is 0.909. The van der Waals surface area contributed by atoms with Crippen LogP contribution in [0.3, 0.4) is 0 Å². The molecule has 0 saturated heterocycles. The molecule has 0 heterocycles. The molecule has 0 aromatic heterocycles. The maximum absolute atomic E-state index is 11.3. The van der Waals surface area contributed by atoms with E-state index in [-0.39, 0.29) is 12.0 Å². The number of carbonyl (C=O) groups excluding carboxylic acids is 1. The lowest BCUT2D eigenvalue weighted by atomic mass is 10.2. The van der Waals surface area contributed by atoms with E-state index in [4.69, 9.17) is 4.74 Å². The first-order valence-electron chi connectivity index (χ1n) is 5.77. The first-order valence-corrected chi connectivity index (χ1v) is 5.77. The molecule has 0 fully saturated rings. The van der Waals surface area contributed by atoms with Gasteiger partial charge in [0, 0.05) is 19.7 Å². The van der Waals surface area contributed by atoms with Gasteiger partial charge in [-0.3, -0.25) is 4.79 Å². The number of nitrogens with zero attached hydrogens (tertiary/aromatic N) is 1. The Labute approximate surface area is 98.5 Å². The van der Waals surface area contributed by atoms with Gasteiger partial charge in [-0.15, -0.1) is 0 Å². The highest BCUT2D eigenvalue weighted by Crippen LogP contribution is 1.98. The second kappa shape index (κ2) is 9.57. The molecule has 0 spiro atoms. The van der Waals surface area contributed by atoms with Crippen LogP contribution in [0.2, 0.25) is 0 Å². The van der Waals surface area contributed by atoms with Crippen LogP contribution in [0.15, 0.2) is 0 Å². The van der Waals surface area contributed by atoms with Gasteiger partial charge in [0.2, 0.25) is 5.91 Å². The summed E-state index contributed by atoms with van der Waals surface area (Å²) in [7, 11) is 5.82. The number of rotatable bonds is 9. The highest BCUT2D eigenvalue weighted by molar-refractivity contribution is 5.77. The normalized spacial score (nSPS) is 12.8. The lowest BCUT2D eigenvalue weighted by molar-refractivity contribution is -0.120. The first kappa shape index (κ1) is 15.3. The third-order valence-corrected chi connectivity index (χ3v) is 2.16. The Kier molecular flexibility index (Phi) is 9.18. The van der Waals surface area contributed by atoms with Gasteiger partial charge in [-0.25, -0.2) is 0 Å². The molecule has 96 valence electrons. The number of amides is 1. The molecule has 1 amide bonds. The zero-order valence-electron chi connectivity index (χ0n) is 10.9. The van der Waals surface area contributed by atoms with Gasteiger partial charge in [-0.2, -0.15) is 0 Å². The monoisotopic (exact) mass is 231 g/mol. The smallest absolute Gasteiger partial charge is 0.234 e. The summed E-state index contributed by atoms with van der Waals surface area (Å²) >= 11 is 0. The van der Waals surface area contributed by atoms with E-state index in [0.29, 0.717) is 19.7 Å². The van der Waals surface area contributed by atoms with Gasteiger partial charge < -0.3 is 20.3 Å². The highest BCUT2D eigenvalue weighted by Gasteiger charge is 2.10. The van der Waals surface area contributed by atoms with Crippen molar-refractivity contribution in [1.82, 2.24) is 15.5 Å². The molecular weight excluding hydrogens is 206 g/mol. The van der Waals surface area contributed by atoms with Crippen molar-refractivity contribution in [2.45, 2.75) is 19.4 Å². The van der Waals surface area contributed by atoms with Gasteiger partial charge in [0.15, 0.2) is 0 Å². The van der Waals surface area contributed by atoms with E-state index in [1.165, 1.54) is 0 Å². The standard InChI is InChI=1S/C11H25N3O2/c1-5-16-10(6-7-14(3)4)8-13-11(15)9-12-2/h10,12H,5-9H2,1-4H3,(H,13,15). The summed E-state index contributed by atoms with van der Waals surface area (Å²) in [6.45, 7) is 4.55. The van der Waals surface area contributed by atoms with E-state index in [1.807, 2.05) is 21.0 Å². The fourth-order valence-electron chi connectivity index (χ4n) is 1.33. The third kappa shape index (κ3) is 8.64. The third-order valence-electron chi connectivity index (χ3n) is 2.16. The summed E-state index contributed by atoms with van der Waals surface area (Å²) in [6.07, 6.45) is 1.04. The Hall–Kier alpha value is -0.650. The van der Waals surface area contributed by atoms with Crippen LogP contribution in [0, 0.1) is 0 Å². The largest absolute Gasteiger partial charge is 0.377 e. The minimum absolute atomic E-state index is 0.0112. The van der Waals surface area contributed by atoms with Gasteiger partial charge in [-0.05, 0) is 34.5 Å². The zero-order chi connectivity index (χ0) is 12.4. The van der Waals surface area contributed by atoms with Crippen LogP contribution in [-0.2, 0) is 9.53 Å². The molecule has 0 aromatic rings. The molecule has 16 heavy (non-hydrogen) atoms. The minimum Gasteiger partial charge on any atom is -0.377 e. The van der Waals surface area contributed by atoms with E-state index >= 15 is 0 Å². The van der Waals surface area contributed by atoms with Crippen molar-refractivity contribution >= 4 is 5.91 Å². The predicted molar refractivity (Wildman–Crippen MR) is 65.5 cm³/mol. The number of likely N-dealkylation sites (N-methyl/N-ethyl adjacent to an activating group) is 1. The lowest BCUT2D eigenvalue weighted by Gasteiger charge is -2.19. The molecule has 0 bridgehead atoms. The predicted octanol–water partition coefficient (Wildman–Crippen LogP) is -0.321. The number of hydrogen-bond acceptors (Lipinski definition) is 4. The molecule has 0 radical (unpaired) electrons. The van der Waals surface area contributed by atoms with E-state index in [2.05, 4.69) is 15.5 Å². The summed E-state index contributed by atoms with van der Waals surface area (Å²) < 4.78 is 5.56. The Balaban J connectivity index is 3.79. The zero-order valence-corrected chi connectivity index (χ0v) is 10.9. The first-order chi connectivity index (χ1) is 7.60. The van der Waals surface area contributed by atoms with E-state index in [1.54, 1.807) is 7.05 Å². The summed E-state index contributed by atoms with van der Waals surface area (Å²) in [5, 5.41) is 5.66. The summed E-state index contributed by atoms with van der Waals surface area (Å²) in [6, 6.07) is 0. The molecule has 0 rings (SSSR count). The summed E-state index contributed by atoms with van der Waals surface area (Å²) in [5.74, 6) is 0.0112. The number of hydrogen-bond donors (Lipinski definition) is 2. The second-order valence-electron chi connectivity index (χ2n) is 4.00. The van der Waals surface area contributed by atoms with Crippen LogP contribution in [0.4, 0.5) is 0 Å². The Morgan fingerprint density at radius 2 is 2.12 bits per heavy atom. The van der Waals surface area contributed by atoms with Crippen LogP contribution in [-0.4, -0.2) is 64.3 Å². The maximum Gasteiger partial charge on any atom is 0.234 e. The molecule has 2 N–H and O–H groups in total. The van der Waals surface area contributed by atoms with Crippen LogP contribution in [0.5, 0.6) is 0 Å². The molecule has 5 heteroatoms. The molecule has 0 aliphatic heterocycles. The molecule has 1 unspecified atom stereocenters. The second-order valence-corrected chi connectivity index (χ2v) is 4.00.